The molecule has 2 amide bonds. The molecule has 1 heterocycles. The zero-order chi connectivity index (χ0) is 21.7. The summed E-state index contributed by atoms with van der Waals surface area (Å²) < 4.78 is 13.3. The fraction of sp³-hybridized carbons (Fsp3) is 0.391. The number of carbonyl (C=O) groups excluding carboxylic acids is 2. The van der Waals surface area contributed by atoms with Gasteiger partial charge in [-0.3, -0.25) is 14.5 Å². The largest absolute Gasteiger partial charge is 0.353 e. The normalized spacial score (nSPS) is 16.9. The van der Waals surface area contributed by atoms with E-state index < -0.39 is 11.9 Å². The Labute approximate surface area is 181 Å². The summed E-state index contributed by atoms with van der Waals surface area (Å²) in [6, 6.07) is 11.8. The van der Waals surface area contributed by atoms with Crippen molar-refractivity contribution in [2.45, 2.75) is 38.9 Å². The topological polar surface area (TPSA) is 52.7 Å². The van der Waals surface area contributed by atoms with Crippen LogP contribution in [0.25, 0.3) is 0 Å². The summed E-state index contributed by atoms with van der Waals surface area (Å²) in [4.78, 5) is 28.9. The molecule has 1 aliphatic heterocycles. The zero-order valence-electron chi connectivity index (χ0n) is 17.3. The van der Waals surface area contributed by atoms with Crippen LogP contribution in [0.3, 0.4) is 0 Å². The second kappa shape index (κ2) is 10.0. The first kappa shape index (κ1) is 22.2. The van der Waals surface area contributed by atoms with Crippen molar-refractivity contribution >= 4 is 23.4 Å². The van der Waals surface area contributed by atoms with Crippen molar-refractivity contribution in [1.29, 1.82) is 0 Å². The second-order valence-electron chi connectivity index (χ2n) is 7.64. The maximum absolute atomic E-state index is 13.3. The number of piperazine rings is 1. The summed E-state index contributed by atoms with van der Waals surface area (Å²) in [6.07, 6.45) is 1.05. The van der Waals surface area contributed by atoms with E-state index in [-0.39, 0.29) is 18.2 Å². The molecule has 1 fully saturated rings. The van der Waals surface area contributed by atoms with Gasteiger partial charge in [0.15, 0.2) is 0 Å². The number of aryl methyl sites for hydroxylation is 1. The lowest BCUT2D eigenvalue weighted by Gasteiger charge is -2.35. The number of benzene rings is 2. The summed E-state index contributed by atoms with van der Waals surface area (Å²) >= 11 is 6.16. The summed E-state index contributed by atoms with van der Waals surface area (Å²) in [5.41, 5.74) is 3.03. The van der Waals surface area contributed by atoms with Gasteiger partial charge in [-0.25, -0.2) is 4.39 Å². The third kappa shape index (κ3) is 5.58. The van der Waals surface area contributed by atoms with Gasteiger partial charge in [-0.15, -0.1) is 0 Å². The molecule has 7 heteroatoms. The number of rotatable bonds is 7. The Hall–Kier alpha value is -2.44. The molecule has 30 heavy (non-hydrogen) atoms. The molecule has 0 unspecified atom stereocenters. The van der Waals surface area contributed by atoms with E-state index in [1.54, 1.807) is 18.0 Å². The van der Waals surface area contributed by atoms with Gasteiger partial charge in [0.2, 0.25) is 11.8 Å². The van der Waals surface area contributed by atoms with Crippen LogP contribution >= 0.6 is 11.6 Å². The molecule has 2 aromatic carbocycles. The predicted molar refractivity (Wildman–Crippen MR) is 116 cm³/mol. The molecule has 1 N–H and O–H groups in total. The van der Waals surface area contributed by atoms with Gasteiger partial charge in [-0.05, 0) is 35.2 Å². The lowest BCUT2D eigenvalue weighted by atomic mass is 10.1. The van der Waals surface area contributed by atoms with E-state index in [9.17, 15) is 14.0 Å². The highest BCUT2D eigenvalue weighted by atomic mass is 35.5. The van der Waals surface area contributed by atoms with Crippen LogP contribution in [0.2, 0.25) is 5.02 Å². The maximum Gasteiger partial charge on any atom is 0.237 e. The van der Waals surface area contributed by atoms with Crippen molar-refractivity contribution in [3.63, 3.8) is 0 Å². The SMILES string of the molecule is CCc1ccc(CN(C)C(=O)C[C@H]2C(=O)NCCN2Cc2ccc(F)cc2Cl)cc1. The van der Waals surface area contributed by atoms with Gasteiger partial charge in [0.25, 0.3) is 0 Å². The van der Waals surface area contributed by atoms with Crippen LogP contribution in [-0.4, -0.2) is 47.8 Å². The summed E-state index contributed by atoms with van der Waals surface area (Å²) in [5.74, 6) is -0.680. The predicted octanol–water partition coefficient (Wildman–Crippen LogP) is 3.39. The highest BCUT2D eigenvalue weighted by Crippen LogP contribution is 2.22. The monoisotopic (exact) mass is 431 g/mol. The van der Waals surface area contributed by atoms with Crippen LogP contribution in [-0.2, 0) is 29.1 Å². The smallest absolute Gasteiger partial charge is 0.237 e. The zero-order valence-corrected chi connectivity index (χ0v) is 18.1. The van der Waals surface area contributed by atoms with Crippen molar-refractivity contribution in [2.24, 2.45) is 0 Å². The first-order valence-electron chi connectivity index (χ1n) is 10.1. The number of hydrogen-bond donors (Lipinski definition) is 1. The fourth-order valence-corrected chi connectivity index (χ4v) is 3.83. The molecule has 0 bridgehead atoms. The number of amides is 2. The van der Waals surface area contributed by atoms with Crippen molar-refractivity contribution in [3.8, 4) is 0 Å². The van der Waals surface area contributed by atoms with Crippen molar-refractivity contribution in [2.75, 3.05) is 20.1 Å². The van der Waals surface area contributed by atoms with Crippen molar-refractivity contribution in [3.05, 3.63) is 70.0 Å². The number of carbonyl (C=O) groups is 2. The van der Waals surface area contributed by atoms with Crippen LogP contribution in [0.5, 0.6) is 0 Å². The minimum atomic E-state index is -0.586. The van der Waals surface area contributed by atoms with Crippen LogP contribution in [0, 0.1) is 5.82 Å². The molecule has 3 rings (SSSR count). The average molecular weight is 432 g/mol. The fourth-order valence-electron chi connectivity index (χ4n) is 3.61. The average Bonchev–Trinajstić information content (AvgIpc) is 2.73. The Kier molecular flexibility index (Phi) is 7.45. The number of halogens is 2. The Bertz CT molecular complexity index is 904. The van der Waals surface area contributed by atoms with E-state index in [4.69, 9.17) is 11.6 Å². The number of nitrogens with zero attached hydrogens (tertiary/aromatic N) is 2. The van der Waals surface area contributed by atoms with E-state index in [2.05, 4.69) is 24.4 Å². The molecule has 0 saturated carbocycles. The van der Waals surface area contributed by atoms with Crippen LogP contribution in [0.1, 0.15) is 30.0 Å². The molecule has 0 radical (unpaired) electrons. The maximum atomic E-state index is 13.3. The van der Waals surface area contributed by atoms with Gasteiger partial charge in [0.1, 0.15) is 5.82 Å². The molecule has 1 atom stereocenters. The summed E-state index contributed by atoms with van der Waals surface area (Å²) in [6.45, 7) is 4.07. The molecule has 5 nitrogen and oxygen atoms in total. The third-order valence-electron chi connectivity index (χ3n) is 5.47. The lowest BCUT2D eigenvalue weighted by molar-refractivity contribution is -0.138. The van der Waals surface area contributed by atoms with Gasteiger partial charge in [0.05, 0.1) is 12.5 Å². The molecule has 0 aliphatic carbocycles. The molecular weight excluding hydrogens is 405 g/mol. The van der Waals surface area contributed by atoms with E-state index in [1.165, 1.54) is 17.7 Å². The number of nitrogens with one attached hydrogen (secondary N) is 1. The third-order valence-corrected chi connectivity index (χ3v) is 5.83. The summed E-state index contributed by atoms with van der Waals surface area (Å²) in [7, 11) is 1.75. The minimum Gasteiger partial charge on any atom is -0.353 e. The second-order valence-corrected chi connectivity index (χ2v) is 8.04. The van der Waals surface area contributed by atoms with Crippen LogP contribution in [0.4, 0.5) is 4.39 Å². The molecule has 1 saturated heterocycles. The van der Waals surface area contributed by atoms with E-state index in [0.29, 0.717) is 31.2 Å². The molecule has 0 aromatic heterocycles. The van der Waals surface area contributed by atoms with Gasteiger partial charge in [-0.1, -0.05) is 48.9 Å². The van der Waals surface area contributed by atoms with Gasteiger partial charge in [-0.2, -0.15) is 0 Å². The van der Waals surface area contributed by atoms with Crippen LogP contribution < -0.4 is 5.32 Å². The first-order valence-corrected chi connectivity index (χ1v) is 10.5. The molecule has 1 aliphatic rings. The molecule has 160 valence electrons. The summed E-state index contributed by atoms with van der Waals surface area (Å²) in [5, 5.41) is 3.15. The van der Waals surface area contributed by atoms with Crippen molar-refractivity contribution < 1.29 is 14.0 Å². The molecular formula is C23H27ClFN3O2. The first-order chi connectivity index (χ1) is 14.4. The van der Waals surface area contributed by atoms with E-state index >= 15 is 0 Å². The Morgan fingerprint density at radius 1 is 1.23 bits per heavy atom. The van der Waals surface area contributed by atoms with E-state index in [1.807, 2.05) is 17.0 Å². The standard InChI is InChI=1S/C23H27ClFN3O2/c1-3-16-4-6-17(7-5-16)14-27(2)22(29)13-21-23(30)26-10-11-28(21)15-18-8-9-19(25)12-20(18)24/h4-9,12,21H,3,10-11,13-15H2,1-2H3,(H,26,30)/t21-/m0/s1. The van der Waals surface area contributed by atoms with Gasteiger partial charge < -0.3 is 10.2 Å². The Balaban J connectivity index is 1.66. The van der Waals surface area contributed by atoms with Gasteiger partial charge in [0, 0.05) is 38.2 Å². The highest BCUT2D eigenvalue weighted by molar-refractivity contribution is 6.31. The molecule has 0 spiro atoms. The molecule has 2 aromatic rings. The Morgan fingerprint density at radius 2 is 1.93 bits per heavy atom. The Morgan fingerprint density at radius 3 is 2.60 bits per heavy atom. The highest BCUT2D eigenvalue weighted by Gasteiger charge is 2.32. The van der Waals surface area contributed by atoms with Gasteiger partial charge >= 0.3 is 0 Å². The van der Waals surface area contributed by atoms with E-state index in [0.717, 1.165) is 17.5 Å². The quantitative estimate of drug-likeness (QED) is 0.731. The van der Waals surface area contributed by atoms with Crippen LogP contribution in [0.15, 0.2) is 42.5 Å². The number of hydrogen-bond acceptors (Lipinski definition) is 3. The minimum absolute atomic E-state index is 0.0776. The lowest BCUT2D eigenvalue weighted by Crippen LogP contribution is -2.56. The van der Waals surface area contributed by atoms with Crippen molar-refractivity contribution in [1.82, 2.24) is 15.1 Å².